The fraction of sp³-hybridized carbons (Fsp3) is 0.250. The van der Waals surface area contributed by atoms with E-state index in [1.54, 1.807) is 7.11 Å². The van der Waals surface area contributed by atoms with E-state index in [1.807, 2.05) is 18.2 Å². The van der Waals surface area contributed by atoms with Gasteiger partial charge in [0, 0.05) is 30.9 Å². The largest absolute Gasteiger partial charge is 0.496 e. The molecule has 1 heterocycles. The molecule has 0 spiro atoms. The number of ether oxygens (including phenoxy) is 1. The van der Waals surface area contributed by atoms with Crippen LogP contribution in [-0.4, -0.2) is 20.7 Å². The number of para-hydroxylation sites is 1. The summed E-state index contributed by atoms with van der Waals surface area (Å²) in [5.41, 5.74) is 10.9. The van der Waals surface area contributed by atoms with Gasteiger partial charge in [0.1, 0.15) is 5.75 Å². The molecule has 3 heteroatoms. The van der Waals surface area contributed by atoms with Gasteiger partial charge in [-0.3, -0.25) is 0 Å². The van der Waals surface area contributed by atoms with Crippen LogP contribution in [0.15, 0.2) is 42.5 Å². The first-order valence-electron chi connectivity index (χ1n) is 6.45. The quantitative estimate of drug-likeness (QED) is 0.895. The van der Waals surface area contributed by atoms with Gasteiger partial charge in [0.2, 0.25) is 0 Å². The minimum Gasteiger partial charge on any atom is -0.496 e. The molecule has 1 aliphatic rings. The number of benzene rings is 2. The lowest BCUT2D eigenvalue weighted by molar-refractivity contribution is 0.416. The van der Waals surface area contributed by atoms with Crippen molar-refractivity contribution in [1.29, 1.82) is 0 Å². The SMILES string of the molecule is COc1ccccc1-c1ccc2c(c1)C(N)CN2C. The number of hydrogen-bond donors (Lipinski definition) is 1. The van der Waals surface area contributed by atoms with E-state index in [-0.39, 0.29) is 6.04 Å². The van der Waals surface area contributed by atoms with Gasteiger partial charge in [-0.1, -0.05) is 24.3 Å². The lowest BCUT2D eigenvalue weighted by atomic mass is 9.99. The second kappa shape index (κ2) is 4.59. The average molecular weight is 254 g/mol. The normalized spacial score (nSPS) is 17.4. The second-order valence-electron chi connectivity index (χ2n) is 4.96. The number of nitrogens with zero attached hydrogens (tertiary/aromatic N) is 1. The summed E-state index contributed by atoms with van der Waals surface area (Å²) >= 11 is 0. The van der Waals surface area contributed by atoms with Gasteiger partial charge < -0.3 is 15.4 Å². The summed E-state index contributed by atoms with van der Waals surface area (Å²) in [7, 11) is 3.78. The van der Waals surface area contributed by atoms with Crippen LogP contribution in [0.25, 0.3) is 11.1 Å². The van der Waals surface area contributed by atoms with Gasteiger partial charge in [0.05, 0.1) is 7.11 Å². The molecule has 2 aromatic rings. The van der Waals surface area contributed by atoms with Crippen LogP contribution < -0.4 is 15.4 Å². The van der Waals surface area contributed by atoms with Gasteiger partial charge in [0.15, 0.2) is 0 Å². The highest BCUT2D eigenvalue weighted by molar-refractivity contribution is 5.75. The van der Waals surface area contributed by atoms with Crippen LogP contribution in [0.2, 0.25) is 0 Å². The van der Waals surface area contributed by atoms with Crippen LogP contribution >= 0.6 is 0 Å². The van der Waals surface area contributed by atoms with Crippen molar-refractivity contribution in [2.75, 3.05) is 25.6 Å². The fourth-order valence-electron chi connectivity index (χ4n) is 2.74. The molecule has 0 amide bonds. The minimum absolute atomic E-state index is 0.0923. The van der Waals surface area contributed by atoms with Gasteiger partial charge in [0.25, 0.3) is 0 Å². The van der Waals surface area contributed by atoms with Crippen molar-refractivity contribution >= 4 is 5.69 Å². The first-order valence-corrected chi connectivity index (χ1v) is 6.45. The van der Waals surface area contributed by atoms with Crippen LogP contribution in [0, 0.1) is 0 Å². The Kier molecular flexibility index (Phi) is 2.91. The van der Waals surface area contributed by atoms with E-state index < -0.39 is 0 Å². The maximum absolute atomic E-state index is 6.18. The van der Waals surface area contributed by atoms with Gasteiger partial charge in [-0.25, -0.2) is 0 Å². The summed E-state index contributed by atoms with van der Waals surface area (Å²) in [5, 5.41) is 0. The molecule has 19 heavy (non-hydrogen) atoms. The van der Waals surface area contributed by atoms with E-state index in [2.05, 4.69) is 36.2 Å². The molecule has 2 N–H and O–H groups in total. The number of hydrogen-bond acceptors (Lipinski definition) is 3. The molecule has 1 unspecified atom stereocenters. The third-order valence-electron chi connectivity index (χ3n) is 3.73. The Morgan fingerprint density at radius 2 is 2.00 bits per heavy atom. The third kappa shape index (κ3) is 1.96. The zero-order valence-corrected chi connectivity index (χ0v) is 11.3. The highest BCUT2D eigenvalue weighted by Gasteiger charge is 2.23. The van der Waals surface area contributed by atoms with Gasteiger partial charge in [-0.2, -0.15) is 0 Å². The van der Waals surface area contributed by atoms with Crippen molar-refractivity contribution in [2.45, 2.75) is 6.04 Å². The number of rotatable bonds is 2. The number of fused-ring (bicyclic) bond motifs is 1. The summed E-state index contributed by atoms with van der Waals surface area (Å²) in [6.45, 7) is 0.880. The molecule has 0 radical (unpaired) electrons. The first kappa shape index (κ1) is 12.1. The third-order valence-corrected chi connectivity index (χ3v) is 3.73. The molecule has 3 rings (SSSR count). The van der Waals surface area contributed by atoms with Crippen molar-refractivity contribution in [3.05, 3.63) is 48.0 Å². The van der Waals surface area contributed by atoms with Crippen molar-refractivity contribution in [3.8, 4) is 16.9 Å². The summed E-state index contributed by atoms with van der Waals surface area (Å²) in [4.78, 5) is 2.20. The lowest BCUT2D eigenvalue weighted by Crippen LogP contribution is -2.19. The van der Waals surface area contributed by atoms with Crippen molar-refractivity contribution < 1.29 is 4.74 Å². The Bertz CT molecular complexity index is 609. The van der Waals surface area contributed by atoms with Crippen LogP contribution in [0.3, 0.4) is 0 Å². The lowest BCUT2D eigenvalue weighted by Gasteiger charge is -2.13. The molecular formula is C16H18N2O. The molecule has 0 fully saturated rings. The standard InChI is InChI=1S/C16H18N2O/c1-18-10-14(17)13-9-11(7-8-15(13)18)12-5-3-4-6-16(12)19-2/h3-9,14H,10,17H2,1-2H3. The average Bonchev–Trinajstić information content (AvgIpc) is 2.73. The van der Waals surface area contributed by atoms with E-state index in [0.717, 1.165) is 23.4 Å². The van der Waals surface area contributed by atoms with Crippen LogP contribution in [0.4, 0.5) is 5.69 Å². The smallest absolute Gasteiger partial charge is 0.126 e. The molecule has 98 valence electrons. The fourth-order valence-corrected chi connectivity index (χ4v) is 2.74. The number of methoxy groups -OCH3 is 1. The Morgan fingerprint density at radius 3 is 2.79 bits per heavy atom. The van der Waals surface area contributed by atoms with Crippen LogP contribution in [-0.2, 0) is 0 Å². The molecule has 1 aliphatic heterocycles. The Balaban J connectivity index is 2.10. The molecule has 1 atom stereocenters. The Hall–Kier alpha value is -2.00. The maximum atomic E-state index is 6.18. The number of anilines is 1. The maximum Gasteiger partial charge on any atom is 0.126 e. The zero-order chi connectivity index (χ0) is 13.4. The van der Waals surface area contributed by atoms with Gasteiger partial charge >= 0.3 is 0 Å². The number of likely N-dealkylation sites (N-methyl/N-ethyl adjacent to an activating group) is 1. The summed E-state index contributed by atoms with van der Waals surface area (Å²) in [6, 6.07) is 14.6. The van der Waals surface area contributed by atoms with Crippen LogP contribution in [0.1, 0.15) is 11.6 Å². The predicted molar refractivity (Wildman–Crippen MR) is 78.6 cm³/mol. The molecule has 0 bridgehead atoms. The molecule has 0 aromatic heterocycles. The predicted octanol–water partition coefficient (Wildman–Crippen LogP) is 2.81. The van der Waals surface area contributed by atoms with E-state index in [9.17, 15) is 0 Å². The molecule has 0 saturated heterocycles. The van der Waals surface area contributed by atoms with E-state index in [1.165, 1.54) is 11.3 Å². The Morgan fingerprint density at radius 1 is 1.21 bits per heavy atom. The minimum atomic E-state index is 0.0923. The first-order chi connectivity index (χ1) is 9.20. The summed E-state index contributed by atoms with van der Waals surface area (Å²) in [6.07, 6.45) is 0. The molecule has 0 aliphatic carbocycles. The van der Waals surface area contributed by atoms with Crippen LogP contribution in [0.5, 0.6) is 5.75 Å². The molecule has 2 aromatic carbocycles. The highest BCUT2D eigenvalue weighted by atomic mass is 16.5. The highest BCUT2D eigenvalue weighted by Crippen LogP contribution is 2.37. The molecule has 0 saturated carbocycles. The van der Waals surface area contributed by atoms with E-state index in [4.69, 9.17) is 10.5 Å². The van der Waals surface area contributed by atoms with Crippen molar-refractivity contribution in [1.82, 2.24) is 0 Å². The van der Waals surface area contributed by atoms with Gasteiger partial charge in [-0.15, -0.1) is 0 Å². The van der Waals surface area contributed by atoms with Gasteiger partial charge in [-0.05, 0) is 29.3 Å². The molecular weight excluding hydrogens is 236 g/mol. The number of nitrogens with two attached hydrogens (primary N) is 1. The zero-order valence-electron chi connectivity index (χ0n) is 11.3. The second-order valence-corrected chi connectivity index (χ2v) is 4.96. The monoisotopic (exact) mass is 254 g/mol. The topological polar surface area (TPSA) is 38.5 Å². The van der Waals surface area contributed by atoms with Crippen molar-refractivity contribution in [2.24, 2.45) is 5.73 Å². The summed E-state index contributed by atoms with van der Waals surface area (Å²) < 4.78 is 5.43. The van der Waals surface area contributed by atoms with E-state index >= 15 is 0 Å². The summed E-state index contributed by atoms with van der Waals surface area (Å²) in [5.74, 6) is 0.891. The molecule has 3 nitrogen and oxygen atoms in total. The van der Waals surface area contributed by atoms with E-state index in [0.29, 0.717) is 0 Å². The Labute approximate surface area is 113 Å². The van der Waals surface area contributed by atoms with Crippen molar-refractivity contribution in [3.63, 3.8) is 0 Å².